The molecule has 0 aromatic carbocycles. The molecule has 2 fully saturated rings. The van der Waals surface area contributed by atoms with E-state index in [1.54, 1.807) is 23.4 Å². The second-order valence-corrected chi connectivity index (χ2v) is 6.82. The number of aromatic nitrogens is 1. The number of aliphatic hydroxyl groups is 2. The van der Waals surface area contributed by atoms with E-state index in [1.165, 1.54) is 0 Å². The fourth-order valence-electron chi connectivity index (χ4n) is 3.19. The number of hydrogen-bond donors (Lipinski definition) is 4. The lowest BCUT2D eigenvalue weighted by molar-refractivity contribution is -0.125. The lowest BCUT2D eigenvalue weighted by Crippen LogP contribution is -2.49. The normalized spacial score (nSPS) is 27.4. The number of morpholine rings is 1. The summed E-state index contributed by atoms with van der Waals surface area (Å²) in [5.74, 6) is -0.307. The van der Waals surface area contributed by atoms with Crippen LogP contribution in [0.25, 0.3) is 0 Å². The third-order valence-corrected chi connectivity index (χ3v) is 4.81. The van der Waals surface area contributed by atoms with Gasteiger partial charge in [-0.1, -0.05) is 6.07 Å². The van der Waals surface area contributed by atoms with Crippen LogP contribution in [0.4, 0.5) is 4.79 Å². The number of rotatable bonds is 6. The fourth-order valence-corrected chi connectivity index (χ4v) is 3.19. The molecule has 154 valence electrons. The van der Waals surface area contributed by atoms with Crippen LogP contribution in [0.15, 0.2) is 24.5 Å². The molecule has 0 saturated carbocycles. The van der Waals surface area contributed by atoms with E-state index in [4.69, 9.17) is 9.47 Å². The van der Waals surface area contributed by atoms with Gasteiger partial charge < -0.3 is 35.2 Å². The summed E-state index contributed by atoms with van der Waals surface area (Å²) in [6.45, 7) is 2.35. The van der Waals surface area contributed by atoms with E-state index in [9.17, 15) is 19.8 Å². The highest BCUT2D eigenvalue weighted by atomic mass is 16.5. The minimum absolute atomic E-state index is 0.0439. The third kappa shape index (κ3) is 5.38. The van der Waals surface area contributed by atoms with E-state index < -0.39 is 24.4 Å². The van der Waals surface area contributed by atoms with Gasteiger partial charge in [-0.2, -0.15) is 0 Å². The number of carbonyl (C=O) groups is 2. The Kier molecular flexibility index (Phi) is 7.15. The van der Waals surface area contributed by atoms with Crippen LogP contribution in [-0.2, 0) is 20.8 Å². The first-order valence-corrected chi connectivity index (χ1v) is 9.32. The number of nitrogens with one attached hydrogen (secondary N) is 2. The first-order chi connectivity index (χ1) is 13.5. The van der Waals surface area contributed by atoms with Gasteiger partial charge in [-0.05, 0) is 11.6 Å². The van der Waals surface area contributed by atoms with Crippen LogP contribution in [0, 0.1) is 0 Å². The van der Waals surface area contributed by atoms with Crippen LogP contribution in [0.3, 0.4) is 0 Å². The molecule has 0 radical (unpaired) electrons. The zero-order valence-corrected chi connectivity index (χ0v) is 15.5. The molecule has 10 nitrogen and oxygen atoms in total. The van der Waals surface area contributed by atoms with Gasteiger partial charge in [0.25, 0.3) is 0 Å². The SMILES string of the molecule is O=C(C[C@@H]1O[C@H](CNC(=O)N2CCOCC2)[C@@H](O)[C@H]1O)NCc1cccnc1. The summed E-state index contributed by atoms with van der Waals surface area (Å²) in [6.07, 6.45) is -0.793. The Morgan fingerprint density at radius 2 is 1.93 bits per heavy atom. The van der Waals surface area contributed by atoms with E-state index in [-0.39, 0.29) is 24.9 Å². The van der Waals surface area contributed by atoms with Gasteiger partial charge in [0.1, 0.15) is 18.3 Å². The Bertz CT molecular complexity index is 655. The van der Waals surface area contributed by atoms with Crippen molar-refractivity contribution in [3.63, 3.8) is 0 Å². The molecule has 0 spiro atoms. The third-order valence-electron chi connectivity index (χ3n) is 4.81. The minimum Gasteiger partial charge on any atom is -0.388 e. The van der Waals surface area contributed by atoms with Crippen molar-refractivity contribution in [1.82, 2.24) is 20.5 Å². The van der Waals surface area contributed by atoms with E-state index in [0.717, 1.165) is 5.56 Å². The van der Waals surface area contributed by atoms with Crippen molar-refractivity contribution in [2.45, 2.75) is 37.4 Å². The van der Waals surface area contributed by atoms with Gasteiger partial charge in [-0.15, -0.1) is 0 Å². The van der Waals surface area contributed by atoms with E-state index in [0.29, 0.717) is 32.8 Å². The molecule has 4 atom stereocenters. The molecule has 3 amide bonds. The zero-order chi connectivity index (χ0) is 19.9. The molecule has 0 unspecified atom stereocenters. The van der Waals surface area contributed by atoms with E-state index >= 15 is 0 Å². The topological polar surface area (TPSA) is 133 Å². The lowest BCUT2D eigenvalue weighted by atomic mass is 10.1. The molecule has 0 bridgehead atoms. The number of aliphatic hydroxyl groups excluding tert-OH is 2. The van der Waals surface area contributed by atoms with Crippen molar-refractivity contribution >= 4 is 11.9 Å². The van der Waals surface area contributed by atoms with Crippen LogP contribution in [0.5, 0.6) is 0 Å². The molecule has 3 heterocycles. The van der Waals surface area contributed by atoms with E-state index in [2.05, 4.69) is 15.6 Å². The number of pyridine rings is 1. The summed E-state index contributed by atoms with van der Waals surface area (Å²) < 4.78 is 10.8. The van der Waals surface area contributed by atoms with Gasteiger partial charge in [-0.25, -0.2) is 4.79 Å². The highest BCUT2D eigenvalue weighted by molar-refractivity contribution is 5.76. The Labute approximate surface area is 162 Å². The smallest absolute Gasteiger partial charge is 0.317 e. The van der Waals surface area contributed by atoms with Gasteiger partial charge in [0, 0.05) is 38.6 Å². The summed E-state index contributed by atoms with van der Waals surface area (Å²) in [7, 11) is 0. The summed E-state index contributed by atoms with van der Waals surface area (Å²) in [4.78, 5) is 29.8. The van der Waals surface area contributed by atoms with Crippen molar-refractivity contribution in [2.24, 2.45) is 0 Å². The largest absolute Gasteiger partial charge is 0.388 e. The average Bonchev–Trinajstić information content (AvgIpc) is 2.99. The minimum atomic E-state index is -1.20. The number of amides is 3. The summed E-state index contributed by atoms with van der Waals surface area (Å²) >= 11 is 0. The molecular weight excluding hydrogens is 368 g/mol. The number of urea groups is 1. The second-order valence-electron chi connectivity index (χ2n) is 6.82. The Balaban J connectivity index is 1.42. The van der Waals surface area contributed by atoms with Crippen LogP contribution >= 0.6 is 0 Å². The number of carbonyl (C=O) groups excluding carboxylic acids is 2. The molecule has 0 aliphatic carbocycles. The monoisotopic (exact) mass is 394 g/mol. The molecule has 2 aliphatic rings. The van der Waals surface area contributed by atoms with Gasteiger partial charge in [0.2, 0.25) is 5.91 Å². The van der Waals surface area contributed by atoms with Crippen molar-refractivity contribution in [2.75, 3.05) is 32.8 Å². The van der Waals surface area contributed by atoms with Gasteiger partial charge >= 0.3 is 6.03 Å². The number of hydrogen-bond acceptors (Lipinski definition) is 7. The number of nitrogens with zero attached hydrogens (tertiary/aromatic N) is 2. The Morgan fingerprint density at radius 1 is 1.18 bits per heavy atom. The van der Waals surface area contributed by atoms with Gasteiger partial charge in [0.15, 0.2) is 0 Å². The molecular formula is C18H26N4O6. The van der Waals surface area contributed by atoms with Gasteiger partial charge in [0.05, 0.1) is 25.7 Å². The van der Waals surface area contributed by atoms with Crippen LogP contribution < -0.4 is 10.6 Å². The first-order valence-electron chi connectivity index (χ1n) is 9.32. The first kappa shape index (κ1) is 20.5. The van der Waals surface area contributed by atoms with Crippen molar-refractivity contribution in [3.05, 3.63) is 30.1 Å². The number of ether oxygens (including phenoxy) is 2. The molecule has 1 aromatic rings. The summed E-state index contributed by atoms with van der Waals surface area (Å²) in [5.41, 5.74) is 0.854. The fraction of sp³-hybridized carbons (Fsp3) is 0.611. The van der Waals surface area contributed by atoms with Crippen molar-refractivity contribution in [1.29, 1.82) is 0 Å². The second kappa shape index (κ2) is 9.78. The highest BCUT2D eigenvalue weighted by Gasteiger charge is 2.43. The molecule has 3 rings (SSSR count). The Morgan fingerprint density at radius 3 is 2.64 bits per heavy atom. The molecule has 28 heavy (non-hydrogen) atoms. The molecule has 2 saturated heterocycles. The van der Waals surface area contributed by atoms with Crippen molar-refractivity contribution in [3.8, 4) is 0 Å². The maximum Gasteiger partial charge on any atom is 0.317 e. The summed E-state index contributed by atoms with van der Waals surface area (Å²) in [5, 5.41) is 25.8. The van der Waals surface area contributed by atoms with Crippen molar-refractivity contribution < 1.29 is 29.3 Å². The quantitative estimate of drug-likeness (QED) is 0.467. The maximum absolute atomic E-state index is 12.1. The van der Waals surface area contributed by atoms with Crippen LogP contribution in [0.2, 0.25) is 0 Å². The standard InChI is InChI=1S/C18H26N4O6/c23-15(20-10-12-2-1-3-19-9-12)8-13-16(24)17(25)14(28-13)11-21-18(26)22-4-6-27-7-5-22/h1-3,9,13-14,16-17,24-25H,4-8,10-11H2,(H,20,23)(H,21,26)/t13-,14+,16-,17+/m0/s1. The van der Waals surface area contributed by atoms with Gasteiger partial charge in [-0.3, -0.25) is 9.78 Å². The lowest BCUT2D eigenvalue weighted by Gasteiger charge is -2.27. The predicted molar refractivity (Wildman–Crippen MR) is 97.2 cm³/mol. The average molecular weight is 394 g/mol. The summed E-state index contributed by atoms with van der Waals surface area (Å²) in [6, 6.07) is 3.34. The molecule has 10 heteroatoms. The molecule has 4 N–H and O–H groups in total. The van der Waals surface area contributed by atoms with Crippen LogP contribution in [0.1, 0.15) is 12.0 Å². The maximum atomic E-state index is 12.1. The highest BCUT2D eigenvalue weighted by Crippen LogP contribution is 2.23. The predicted octanol–water partition coefficient (Wildman–Crippen LogP) is -1.38. The zero-order valence-electron chi connectivity index (χ0n) is 15.5. The van der Waals surface area contributed by atoms with Crippen LogP contribution in [-0.4, -0.2) is 89.3 Å². The molecule has 2 aliphatic heterocycles. The van der Waals surface area contributed by atoms with E-state index in [1.807, 2.05) is 6.07 Å². The molecule has 1 aromatic heterocycles. The Hall–Kier alpha value is -2.27.